The number of fused-ring (bicyclic) bond motifs is 1. The zero-order valence-corrected chi connectivity index (χ0v) is 17.0. The van der Waals surface area contributed by atoms with Crippen LogP contribution in [-0.2, 0) is 7.05 Å². The van der Waals surface area contributed by atoms with Crippen molar-refractivity contribution in [2.45, 2.75) is 38.1 Å². The lowest BCUT2D eigenvalue weighted by atomic mass is 9.95. The number of carbonyl (C=O) groups is 1. The molecule has 1 fully saturated rings. The molecule has 0 saturated heterocycles. The highest BCUT2D eigenvalue weighted by molar-refractivity contribution is 7.12. The van der Waals surface area contributed by atoms with E-state index in [9.17, 15) is 4.79 Å². The summed E-state index contributed by atoms with van der Waals surface area (Å²) in [5.74, 6) is 0.0245. The van der Waals surface area contributed by atoms with Gasteiger partial charge >= 0.3 is 0 Å². The maximum Gasteiger partial charge on any atom is 0.261 e. The zero-order chi connectivity index (χ0) is 19.8. The molecule has 4 aromatic heterocycles. The maximum atomic E-state index is 12.6. The smallest absolute Gasteiger partial charge is 0.261 e. The molecule has 1 aliphatic rings. The Labute approximate surface area is 172 Å². The molecule has 1 aliphatic carbocycles. The molecule has 0 aliphatic heterocycles. The molecule has 0 bridgehead atoms. The predicted molar refractivity (Wildman–Crippen MR) is 113 cm³/mol. The van der Waals surface area contributed by atoms with E-state index in [1.165, 1.54) is 30.6 Å². The van der Waals surface area contributed by atoms with E-state index in [1.54, 1.807) is 15.4 Å². The highest BCUT2D eigenvalue weighted by Crippen LogP contribution is 2.29. The summed E-state index contributed by atoms with van der Waals surface area (Å²) in [7, 11) is 1.89. The summed E-state index contributed by atoms with van der Waals surface area (Å²) < 4.78 is 3.54. The molecule has 0 radical (unpaired) electrons. The summed E-state index contributed by atoms with van der Waals surface area (Å²) in [6.07, 6.45) is 15.2. The van der Waals surface area contributed by atoms with Crippen molar-refractivity contribution in [2.24, 2.45) is 7.05 Å². The molecule has 1 amide bonds. The van der Waals surface area contributed by atoms with Crippen molar-refractivity contribution >= 4 is 22.9 Å². The maximum absolute atomic E-state index is 12.6. The third-order valence-corrected chi connectivity index (χ3v) is 6.40. The van der Waals surface area contributed by atoms with Crippen LogP contribution in [0.1, 0.15) is 41.8 Å². The Morgan fingerprint density at radius 3 is 2.69 bits per heavy atom. The van der Waals surface area contributed by atoms with Crippen LogP contribution in [0.15, 0.2) is 42.4 Å². The van der Waals surface area contributed by atoms with Gasteiger partial charge in [0.05, 0.1) is 17.3 Å². The van der Waals surface area contributed by atoms with Gasteiger partial charge in [0.1, 0.15) is 0 Å². The lowest BCUT2D eigenvalue weighted by Crippen LogP contribution is -2.35. The average molecular weight is 407 g/mol. The monoisotopic (exact) mass is 406 g/mol. The molecular weight excluding hydrogens is 384 g/mol. The Morgan fingerprint density at radius 2 is 1.90 bits per heavy atom. The van der Waals surface area contributed by atoms with Crippen LogP contribution in [0, 0.1) is 0 Å². The number of carbonyl (C=O) groups excluding carboxylic acids is 1. The average Bonchev–Trinajstić information content (AvgIpc) is 3.47. The topological polar surface area (TPSA) is 77.1 Å². The first kappa shape index (κ1) is 18.1. The number of thiophene rings is 1. The number of hydrogen-bond acceptors (Lipinski definition) is 5. The van der Waals surface area contributed by atoms with Gasteiger partial charge in [-0.15, -0.1) is 11.3 Å². The Hall–Kier alpha value is -3.00. The van der Waals surface area contributed by atoms with E-state index in [4.69, 9.17) is 0 Å². The molecule has 1 saturated carbocycles. The molecule has 1 N–H and O–H groups in total. The van der Waals surface area contributed by atoms with Crippen LogP contribution in [-0.4, -0.2) is 36.3 Å². The van der Waals surface area contributed by atoms with E-state index in [0.29, 0.717) is 6.04 Å². The van der Waals surface area contributed by atoms with Gasteiger partial charge in [0, 0.05) is 48.4 Å². The van der Waals surface area contributed by atoms with Crippen molar-refractivity contribution in [2.75, 3.05) is 0 Å². The SMILES string of the molecule is Cn1cc(-c2cnc3c(-c4csc(C(=O)NC5CCCCC5)c4)cnn3c2)cn1. The van der Waals surface area contributed by atoms with Crippen LogP contribution in [0.5, 0.6) is 0 Å². The molecule has 4 heterocycles. The van der Waals surface area contributed by atoms with Gasteiger partial charge in [-0.1, -0.05) is 19.3 Å². The van der Waals surface area contributed by atoms with Gasteiger partial charge in [-0.05, 0) is 29.9 Å². The van der Waals surface area contributed by atoms with Crippen molar-refractivity contribution in [3.63, 3.8) is 0 Å². The summed E-state index contributed by atoms with van der Waals surface area (Å²) in [4.78, 5) is 18.0. The number of rotatable bonds is 4. The van der Waals surface area contributed by atoms with Gasteiger partial charge in [0.15, 0.2) is 5.65 Å². The molecular formula is C21H22N6OS. The number of nitrogens with one attached hydrogen (secondary N) is 1. The van der Waals surface area contributed by atoms with Gasteiger partial charge in [0.2, 0.25) is 0 Å². The summed E-state index contributed by atoms with van der Waals surface area (Å²) in [6.45, 7) is 0. The third kappa shape index (κ3) is 3.55. The van der Waals surface area contributed by atoms with Crippen molar-refractivity contribution in [1.29, 1.82) is 0 Å². The Balaban J connectivity index is 1.39. The second kappa shape index (κ2) is 7.44. The molecule has 7 nitrogen and oxygen atoms in total. The number of amides is 1. The zero-order valence-electron chi connectivity index (χ0n) is 16.2. The summed E-state index contributed by atoms with van der Waals surface area (Å²) >= 11 is 1.47. The van der Waals surface area contributed by atoms with E-state index in [2.05, 4.69) is 20.5 Å². The van der Waals surface area contributed by atoms with Gasteiger partial charge in [-0.2, -0.15) is 10.2 Å². The van der Waals surface area contributed by atoms with Gasteiger partial charge in [0.25, 0.3) is 5.91 Å². The molecule has 0 spiro atoms. The highest BCUT2D eigenvalue weighted by Gasteiger charge is 2.19. The highest BCUT2D eigenvalue weighted by atomic mass is 32.1. The van der Waals surface area contributed by atoms with Crippen LogP contribution in [0.3, 0.4) is 0 Å². The van der Waals surface area contributed by atoms with Gasteiger partial charge < -0.3 is 5.32 Å². The fourth-order valence-electron chi connectivity index (χ4n) is 3.90. The lowest BCUT2D eigenvalue weighted by molar-refractivity contribution is 0.0932. The number of aryl methyl sites for hydroxylation is 1. The number of aromatic nitrogens is 5. The lowest BCUT2D eigenvalue weighted by Gasteiger charge is -2.22. The van der Waals surface area contributed by atoms with E-state index in [1.807, 2.05) is 43.3 Å². The van der Waals surface area contributed by atoms with Crippen molar-refractivity contribution in [3.8, 4) is 22.3 Å². The van der Waals surface area contributed by atoms with Crippen molar-refractivity contribution < 1.29 is 4.79 Å². The fraction of sp³-hybridized carbons (Fsp3) is 0.333. The van der Waals surface area contributed by atoms with E-state index >= 15 is 0 Å². The summed E-state index contributed by atoms with van der Waals surface area (Å²) in [6, 6.07) is 2.25. The molecule has 4 aromatic rings. The molecule has 29 heavy (non-hydrogen) atoms. The van der Waals surface area contributed by atoms with E-state index < -0.39 is 0 Å². The minimum absolute atomic E-state index is 0.0245. The quantitative estimate of drug-likeness (QED) is 0.557. The van der Waals surface area contributed by atoms with Crippen molar-refractivity contribution in [3.05, 3.63) is 47.3 Å². The molecule has 0 unspecified atom stereocenters. The molecule has 0 aromatic carbocycles. The van der Waals surface area contributed by atoms with Crippen molar-refractivity contribution in [1.82, 2.24) is 29.7 Å². The largest absolute Gasteiger partial charge is 0.349 e. The van der Waals surface area contributed by atoms with Crippen LogP contribution < -0.4 is 5.32 Å². The fourth-order valence-corrected chi connectivity index (χ4v) is 4.71. The molecule has 0 atom stereocenters. The first-order chi connectivity index (χ1) is 14.2. The third-order valence-electron chi connectivity index (χ3n) is 5.47. The predicted octanol–water partition coefficient (Wildman–Crippen LogP) is 3.92. The summed E-state index contributed by atoms with van der Waals surface area (Å²) in [5, 5.41) is 13.9. The van der Waals surface area contributed by atoms with Crippen LogP contribution in [0.4, 0.5) is 0 Å². The molecule has 148 valence electrons. The minimum Gasteiger partial charge on any atom is -0.349 e. The summed E-state index contributed by atoms with van der Waals surface area (Å²) in [5.41, 5.74) is 4.63. The van der Waals surface area contributed by atoms with E-state index in [0.717, 1.165) is 45.6 Å². The number of hydrogen-bond donors (Lipinski definition) is 1. The van der Waals surface area contributed by atoms with Crippen LogP contribution in [0.2, 0.25) is 0 Å². The van der Waals surface area contributed by atoms with E-state index in [-0.39, 0.29) is 5.91 Å². The molecule has 5 rings (SSSR count). The Bertz CT molecular complexity index is 1170. The Kier molecular flexibility index (Phi) is 4.63. The first-order valence-corrected chi connectivity index (χ1v) is 10.8. The first-order valence-electron chi connectivity index (χ1n) is 9.89. The second-order valence-electron chi connectivity index (χ2n) is 7.58. The number of nitrogens with zero attached hydrogens (tertiary/aromatic N) is 5. The standard InChI is InChI=1S/C21H22N6OS/c1-26-11-16(9-23-26)15-8-22-20-18(10-24-27(20)12-15)14-7-19(29-13-14)21(28)25-17-5-3-2-4-6-17/h7-13,17H,2-6H2,1H3,(H,25,28). The molecule has 8 heteroatoms. The van der Waals surface area contributed by atoms with Gasteiger partial charge in [-0.3, -0.25) is 9.48 Å². The minimum atomic E-state index is 0.0245. The second-order valence-corrected chi connectivity index (χ2v) is 8.49. The van der Waals surface area contributed by atoms with Crippen LogP contribution in [0.25, 0.3) is 27.9 Å². The van der Waals surface area contributed by atoms with Crippen LogP contribution >= 0.6 is 11.3 Å². The Morgan fingerprint density at radius 1 is 1.07 bits per heavy atom. The normalized spacial score (nSPS) is 15.1. The van der Waals surface area contributed by atoms with Gasteiger partial charge in [-0.25, -0.2) is 9.50 Å².